The number of hydrogen-bond acceptors (Lipinski definition) is 3. The second-order valence-electron chi connectivity index (χ2n) is 5.57. The van der Waals surface area contributed by atoms with E-state index < -0.39 is 0 Å². The Hall–Kier alpha value is -0.870. The Kier molecular flexibility index (Phi) is 4.78. The second-order valence-corrected chi connectivity index (χ2v) is 5.57. The first-order chi connectivity index (χ1) is 8.66. The van der Waals surface area contributed by atoms with Gasteiger partial charge in [-0.25, -0.2) is 4.98 Å². The number of aryl methyl sites for hydroxylation is 1. The van der Waals surface area contributed by atoms with Crippen molar-refractivity contribution in [3.63, 3.8) is 0 Å². The number of hydrogen-bond donors (Lipinski definition) is 1. The van der Waals surface area contributed by atoms with Crippen molar-refractivity contribution < 1.29 is 4.74 Å². The minimum absolute atomic E-state index is 0.377. The smallest absolute Gasteiger partial charge is 0.105 e. The summed E-state index contributed by atoms with van der Waals surface area (Å²) in [6.45, 7) is 10.3. The van der Waals surface area contributed by atoms with Gasteiger partial charge in [-0.05, 0) is 32.2 Å². The van der Waals surface area contributed by atoms with Gasteiger partial charge in [0.25, 0.3) is 0 Å². The van der Waals surface area contributed by atoms with E-state index in [1.165, 1.54) is 18.5 Å². The number of aromatic nitrogens is 2. The molecule has 18 heavy (non-hydrogen) atoms. The van der Waals surface area contributed by atoms with Crippen LogP contribution in [0.2, 0.25) is 0 Å². The van der Waals surface area contributed by atoms with E-state index in [1.54, 1.807) is 0 Å². The van der Waals surface area contributed by atoms with Crippen molar-refractivity contribution >= 4 is 0 Å². The van der Waals surface area contributed by atoms with E-state index in [0.29, 0.717) is 12.0 Å². The maximum Gasteiger partial charge on any atom is 0.105 e. The fourth-order valence-electron chi connectivity index (χ4n) is 2.39. The Morgan fingerprint density at radius 3 is 3.06 bits per heavy atom. The largest absolute Gasteiger partial charge is 0.376 e. The highest BCUT2D eigenvalue weighted by Crippen LogP contribution is 2.16. The number of rotatable bonds is 6. The minimum Gasteiger partial charge on any atom is -0.376 e. The van der Waals surface area contributed by atoms with Crippen LogP contribution in [0.5, 0.6) is 0 Å². The Morgan fingerprint density at radius 1 is 1.56 bits per heavy atom. The molecule has 1 fully saturated rings. The monoisotopic (exact) mass is 251 g/mol. The lowest BCUT2D eigenvalue weighted by Crippen LogP contribution is -2.23. The van der Waals surface area contributed by atoms with Crippen molar-refractivity contribution in [1.82, 2.24) is 14.9 Å². The lowest BCUT2D eigenvalue weighted by molar-refractivity contribution is 0.0957. The molecule has 0 spiro atoms. The first kappa shape index (κ1) is 13.6. The van der Waals surface area contributed by atoms with Crippen molar-refractivity contribution in [2.24, 2.45) is 5.92 Å². The average Bonchev–Trinajstić information content (AvgIpc) is 2.93. The van der Waals surface area contributed by atoms with Crippen molar-refractivity contribution in [1.29, 1.82) is 0 Å². The van der Waals surface area contributed by atoms with Crippen LogP contribution in [0.1, 0.15) is 38.2 Å². The van der Waals surface area contributed by atoms with Crippen molar-refractivity contribution in [3.8, 4) is 0 Å². The summed E-state index contributed by atoms with van der Waals surface area (Å²) in [6.07, 6.45) is 4.73. The molecule has 1 aromatic heterocycles. The molecule has 2 rings (SSSR count). The van der Waals surface area contributed by atoms with Crippen LogP contribution in [0, 0.1) is 12.8 Å². The molecule has 4 heteroatoms. The highest BCUT2D eigenvalue weighted by atomic mass is 16.5. The molecule has 1 saturated heterocycles. The van der Waals surface area contributed by atoms with Crippen LogP contribution in [0.15, 0.2) is 6.20 Å². The van der Waals surface area contributed by atoms with Crippen LogP contribution >= 0.6 is 0 Å². The van der Waals surface area contributed by atoms with Crippen LogP contribution in [0.3, 0.4) is 0 Å². The number of nitrogens with one attached hydrogen (secondary N) is 1. The zero-order valence-electron chi connectivity index (χ0n) is 11.8. The molecule has 1 aromatic rings. The minimum atomic E-state index is 0.377. The Balaban J connectivity index is 1.93. The van der Waals surface area contributed by atoms with E-state index in [9.17, 15) is 0 Å². The Morgan fingerprint density at radius 2 is 2.39 bits per heavy atom. The standard InChI is InChI=1S/C14H25N3O/c1-11(2)7-15-8-13-9-16-12(3)17(13)10-14-5-4-6-18-14/h9,11,14-15H,4-8,10H2,1-3H3. The average molecular weight is 251 g/mol. The van der Waals surface area contributed by atoms with Gasteiger partial charge in [0, 0.05) is 19.3 Å². The molecule has 1 unspecified atom stereocenters. The summed E-state index contributed by atoms with van der Waals surface area (Å²) < 4.78 is 8.00. The topological polar surface area (TPSA) is 39.1 Å². The third-order valence-electron chi connectivity index (χ3n) is 3.41. The Labute approximate surface area is 110 Å². The molecule has 1 N–H and O–H groups in total. The normalized spacial score (nSPS) is 19.9. The SMILES string of the molecule is Cc1ncc(CNCC(C)C)n1CC1CCCO1. The van der Waals surface area contributed by atoms with Gasteiger partial charge in [0.1, 0.15) is 5.82 Å². The predicted molar refractivity (Wildman–Crippen MR) is 72.5 cm³/mol. The van der Waals surface area contributed by atoms with Gasteiger partial charge in [-0.15, -0.1) is 0 Å². The van der Waals surface area contributed by atoms with Crippen LogP contribution in [-0.2, 0) is 17.8 Å². The predicted octanol–water partition coefficient (Wildman–Crippen LogP) is 2.12. The summed E-state index contributed by atoms with van der Waals surface area (Å²) in [5.74, 6) is 1.77. The molecule has 0 aromatic carbocycles. The van der Waals surface area contributed by atoms with Gasteiger partial charge in [0.05, 0.1) is 18.3 Å². The molecule has 0 saturated carbocycles. The molecule has 1 atom stereocenters. The van der Waals surface area contributed by atoms with Gasteiger partial charge in [-0.3, -0.25) is 0 Å². The molecule has 2 heterocycles. The molecule has 1 aliphatic heterocycles. The number of nitrogens with zero attached hydrogens (tertiary/aromatic N) is 2. The maximum atomic E-state index is 5.71. The van der Waals surface area contributed by atoms with Gasteiger partial charge in [-0.2, -0.15) is 0 Å². The van der Waals surface area contributed by atoms with Crippen molar-refractivity contribution in [3.05, 3.63) is 17.7 Å². The molecule has 1 aliphatic rings. The van der Waals surface area contributed by atoms with Crippen LogP contribution in [0.4, 0.5) is 0 Å². The van der Waals surface area contributed by atoms with E-state index in [0.717, 1.165) is 32.1 Å². The lowest BCUT2D eigenvalue weighted by atomic mass is 10.2. The highest BCUT2D eigenvalue weighted by molar-refractivity contribution is 5.05. The van der Waals surface area contributed by atoms with E-state index >= 15 is 0 Å². The molecule has 0 bridgehead atoms. The Bertz CT molecular complexity index is 367. The third kappa shape index (κ3) is 3.56. The van der Waals surface area contributed by atoms with E-state index in [4.69, 9.17) is 4.74 Å². The van der Waals surface area contributed by atoms with Crippen LogP contribution in [0.25, 0.3) is 0 Å². The quantitative estimate of drug-likeness (QED) is 0.841. The molecule has 0 radical (unpaired) electrons. The zero-order valence-corrected chi connectivity index (χ0v) is 11.8. The molecule has 0 aliphatic carbocycles. The summed E-state index contributed by atoms with van der Waals surface area (Å²) in [4.78, 5) is 4.42. The zero-order chi connectivity index (χ0) is 13.0. The van der Waals surface area contributed by atoms with Gasteiger partial charge >= 0.3 is 0 Å². The van der Waals surface area contributed by atoms with Crippen molar-refractivity contribution in [2.75, 3.05) is 13.2 Å². The van der Waals surface area contributed by atoms with Gasteiger partial charge < -0.3 is 14.6 Å². The molecule has 0 amide bonds. The second kappa shape index (κ2) is 6.34. The molecular weight excluding hydrogens is 226 g/mol. The third-order valence-corrected chi connectivity index (χ3v) is 3.41. The number of imidazole rings is 1. The van der Waals surface area contributed by atoms with E-state index in [-0.39, 0.29) is 0 Å². The maximum absolute atomic E-state index is 5.71. The lowest BCUT2D eigenvalue weighted by Gasteiger charge is -2.15. The van der Waals surface area contributed by atoms with Crippen LogP contribution in [-0.4, -0.2) is 28.8 Å². The van der Waals surface area contributed by atoms with Crippen molar-refractivity contribution in [2.45, 2.75) is 52.8 Å². The first-order valence-corrected chi connectivity index (χ1v) is 7.00. The molecule has 102 valence electrons. The van der Waals surface area contributed by atoms with Gasteiger partial charge in [0.2, 0.25) is 0 Å². The summed E-state index contributed by atoms with van der Waals surface area (Å²) in [5.41, 5.74) is 1.27. The van der Waals surface area contributed by atoms with E-state index in [1.807, 2.05) is 6.20 Å². The van der Waals surface area contributed by atoms with E-state index in [2.05, 4.69) is 35.6 Å². The van der Waals surface area contributed by atoms with Gasteiger partial charge in [-0.1, -0.05) is 13.8 Å². The molecular formula is C14H25N3O. The first-order valence-electron chi connectivity index (χ1n) is 7.00. The molecule has 4 nitrogen and oxygen atoms in total. The van der Waals surface area contributed by atoms with Crippen LogP contribution < -0.4 is 5.32 Å². The summed E-state index contributed by atoms with van der Waals surface area (Å²) in [6, 6.07) is 0. The summed E-state index contributed by atoms with van der Waals surface area (Å²) in [7, 11) is 0. The highest BCUT2D eigenvalue weighted by Gasteiger charge is 2.18. The summed E-state index contributed by atoms with van der Waals surface area (Å²) in [5, 5.41) is 3.48. The van der Waals surface area contributed by atoms with Gasteiger partial charge in [0.15, 0.2) is 0 Å². The fourth-order valence-corrected chi connectivity index (χ4v) is 2.39. The summed E-state index contributed by atoms with van der Waals surface area (Å²) >= 11 is 0. The fraction of sp³-hybridized carbons (Fsp3) is 0.786. The number of ether oxygens (including phenoxy) is 1.